The molecule has 0 bridgehead atoms. The maximum Gasteiger partial charge on any atom is 0.228 e. The number of nitrogens with two attached hydrogens (primary N) is 1. The number of nitrogens with zero attached hydrogens (tertiary/aromatic N) is 2. The van der Waals surface area contributed by atoms with Gasteiger partial charge in [0, 0.05) is 18.0 Å². The van der Waals surface area contributed by atoms with Crippen LogP contribution in [0.5, 0.6) is 0 Å². The molecule has 0 aliphatic heterocycles. The molecule has 5 heteroatoms. The molecule has 0 radical (unpaired) electrons. The maximum absolute atomic E-state index is 13.5. The van der Waals surface area contributed by atoms with E-state index >= 15 is 0 Å². The quantitative estimate of drug-likeness (QED) is 0.918. The normalized spacial score (nSPS) is 16.6. The molecule has 1 fully saturated rings. The van der Waals surface area contributed by atoms with Crippen molar-refractivity contribution in [1.29, 1.82) is 0 Å². The highest BCUT2D eigenvalue weighted by molar-refractivity contribution is 5.54. The SMILES string of the molecule is Cc1ccc(-c2noc(CC(N)C3CC3)n2)cc1F. The number of hydrogen-bond donors (Lipinski definition) is 1. The van der Waals surface area contributed by atoms with Gasteiger partial charge >= 0.3 is 0 Å². The Balaban J connectivity index is 1.77. The first kappa shape index (κ1) is 12.3. The number of halogens is 1. The Bertz CT molecular complexity index is 592. The van der Waals surface area contributed by atoms with Crippen molar-refractivity contribution >= 4 is 0 Å². The lowest BCUT2D eigenvalue weighted by Gasteiger charge is -2.04. The fraction of sp³-hybridized carbons (Fsp3) is 0.429. The van der Waals surface area contributed by atoms with E-state index in [2.05, 4.69) is 10.1 Å². The van der Waals surface area contributed by atoms with E-state index in [1.165, 1.54) is 18.9 Å². The second-order valence-electron chi connectivity index (χ2n) is 5.18. The Morgan fingerprint density at radius 2 is 2.26 bits per heavy atom. The zero-order chi connectivity index (χ0) is 13.4. The van der Waals surface area contributed by atoms with Crippen molar-refractivity contribution in [1.82, 2.24) is 10.1 Å². The van der Waals surface area contributed by atoms with Gasteiger partial charge in [-0.15, -0.1) is 0 Å². The average Bonchev–Trinajstić information content (AvgIpc) is 3.14. The van der Waals surface area contributed by atoms with Crippen molar-refractivity contribution in [3.8, 4) is 11.4 Å². The topological polar surface area (TPSA) is 64.9 Å². The molecule has 3 rings (SSSR count). The van der Waals surface area contributed by atoms with Gasteiger partial charge in [-0.3, -0.25) is 0 Å². The van der Waals surface area contributed by atoms with Gasteiger partial charge in [0.05, 0.1) is 0 Å². The highest BCUT2D eigenvalue weighted by atomic mass is 19.1. The summed E-state index contributed by atoms with van der Waals surface area (Å²) in [5.41, 5.74) is 7.24. The fourth-order valence-electron chi connectivity index (χ4n) is 2.08. The van der Waals surface area contributed by atoms with E-state index in [1.54, 1.807) is 19.1 Å². The molecule has 0 amide bonds. The zero-order valence-electron chi connectivity index (χ0n) is 10.8. The van der Waals surface area contributed by atoms with Crippen LogP contribution in [-0.2, 0) is 6.42 Å². The highest BCUT2D eigenvalue weighted by Gasteiger charge is 2.29. The summed E-state index contributed by atoms with van der Waals surface area (Å²) in [4.78, 5) is 4.28. The number of benzene rings is 1. The molecule has 0 saturated heterocycles. The number of rotatable bonds is 4. The molecular formula is C14H16FN3O. The Labute approximate surface area is 110 Å². The Hall–Kier alpha value is -1.75. The van der Waals surface area contributed by atoms with Crippen molar-refractivity contribution in [2.24, 2.45) is 11.7 Å². The molecule has 1 aromatic heterocycles. The van der Waals surface area contributed by atoms with Crippen LogP contribution in [0.4, 0.5) is 4.39 Å². The second kappa shape index (κ2) is 4.74. The summed E-state index contributed by atoms with van der Waals surface area (Å²) in [5.74, 6) is 1.26. The molecular weight excluding hydrogens is 245 g/mol. The number of hydrogen-bond acceptors (Lipinski definition) is 4. The van der Waals surface area contributed by atoms with Gasteiger partial charge in [0.15, 0.2) is 0 Å². The second-order valence-corrected chi connectivity index (χ2v) is 5.18. The average molecular weight is 261 g/mol. The summed E-state index contributed by atoms with van der Waals surface area (Å²) in [6.45, 7) is 1.72. The maximum atomic E-state index is 13.5. The zero-order valence-corrected chi connectivity index (χ0v) is 10.8. The molecule has 100 valence electrons. The van der Waals surface area contributed by atoms with Crippen LogP contribution in [0, 0.1) is 18.7 Å². The fourth-order valence-corrected chi connectivity index (χ4v) is 2.08. The van der Waals surface area contributed by atoms with Crippen molar-refractivity contribution in [3.63, 3.8) is 0 Å². The minimum atomic E-state index is -0.265. The van der Waals surface area contributed by atoms with Crippen LogP contribution in [0.25, 0.3) is 11.4 Å². The molecule has 1 heterocycles. The van der Waals surface area contributed by atoms with Crippen LogP contribution in [0.1, 0.15) is 24.3 Å². The van der Waals surface area contributed by atoms with Crippen molar-refractivity contribution in [2.45, 2.75) is 32.2 Å². The summed E-state index contributed by atoms with van der Waals surface area (Å²) in [5, 5.41) is 3.88. The minimum Gasteiger partial charge on any atom is -0.339 e. The highest BCUT2D eigenvalue weighted by Crippen LogP contribution is 2.32. The predicted molar refractivity (Wildman–Crippen MR) is 68.8 cm³/mol. The molecule has 2 aromatic rings. The van der Waals surface area contributed by atoms with E-state index in [1.807, 2.05) is 0 Å². The summed E-state index contributed by atoms with van der Waals surface area (Å²) in [6.07, 6.45) is 2.96. The molecule has 0 spiro atoms. The van der Waals surface area contributed by atoms with Gasteiger partial charge in [-0.25, -0.2) is 4.39 Å². The van der Waals surface area contributed by atoms with E-state index < -0.39 is 0 Å². The monoisotopic (exact) mass is 261 g/mol. The van der Waals surface area contributed by atoms with Gasteiger partial charge in [-0.05, 0) is 37.3 Å². The van der Waals surface area contributed by atoms with Crippen LogP contribution < -0.4 is 5.73 Å². The standard InChI is InChI=1S/C14H16FN3O/c1-8-2-3-10(6-11(8)15)14-17-13(19-18-14)7-12(16)9-4-5-9/h2-3,6,9,12H,4-5,7,16H2,1H3. The van der Waals surface area contributed by atoms with Crippen molar-refractivity contribution in [3.05, 3.63) is 35.5 Å². The van der Waals surface area contributed by atoms with E-state index in [9.17, 15) is 4.39 Å². The molecule has 1 saturated carbocycles. The lowest BCUT2D eigenvalue weighted by atomic mass is 10.1. The van der Waals surface area contributed by atoms with Crippen LogP contribution in [0.3, 0.4) is 0 Å². The first-order chi connectivity index (χ1) is 9.13. The lowest BCUT2D eigenvalue weighted by Crippen LogP contribution is -2.25. The summed E-state index contributed by atoms with van der Waals surface area (Å²) >= 11 is 0. The summed E-state index contributed by atoms with van der Waals surface area (Å²) in [6, 6.07) is 5.00. The van der Waals surface area contributed by atoms with E-state index in [-0.39, 0.29) is 11.9 Å². The van der Waals surface area contributed by atoms with E-state index in [0.717, 1.165) is 0 Å². The van der Waals surface area contributed by atoms with Crippen molar-refractivity contribution in [2.75, 3.05) is 0 Å². The third kappa shape index (κ3) is 2.66. The summed E-state index contributed by atoms with van der Waals surface area (Å²) < 4.78 is 18.7. The summed E-state index contributed by atoms with van der Waals surface area (Å²) in [7, 11) is 0. The molecule has 1 atom stereocenters. The van der Waals surface area contributed by atoms with E-state index in [0.29, 0.717) is 35.2 Å². The van der Waals surface area contributed by atoms with Gasteiger partial charge in [0.1, 0.15) is 5.82 Å². The molecule has 1 aromatic carbocycles. The molecule has 19 heavy (non-hydrogen) atoms. The van der Waals surface area contributed by atoms with Crippen LogP contribution in [-0.4, -0.2) is 16.2 Å². The molecule has 4 nitrogen and oxygen atoms in total. The first-order valence-electron chi connectivity index (χ1n) is 6.48. The van der Waals surface area contributed by atoms with Gasteiger partial charge in [-0.2, -0.15) is 4.98 Å². The molecule has 1 aliphatic rings. The van der Waals surface area contributed by atoms with Crippen LogP contribution in [0.2, 0.25) is 0 Å². The Morgan fingerprint density at radius 3 is 2.95 bits per heavy atom. The number of aromatic nitrogens is 2. The smallest absolute Gasteiger partial charge is 0.228 e. The van der Waals surface area contributed by atoms with E-state index in [4.69, 9.17) is 10.3 Å². The van der Waals surface area contributed by atoms with Gasteiger partial charge < -0.3 is 10.3 Å². The Kier molecular flexibility index (Phi) is 3.06. The number of aryl methyl sites for hydroxylation is 1. The molecule has 1 aliphatic carbocycles. The van der Waals surface area contributed by atoms with Crippen LogP contribution in [0.15, 0.2) is 22.7 Å². The molecule has 2 N–H and O–H groups in total. The van der Waals surface area contributed by atoms with Crippen LogP contribution >= 0.6 is 0 Å². The minimum absolute atomic E-state index is 0.0862. The Morgan fingerprint density at radius 1 is 1.47 bits per heavy atom. The van der Waals surface area contributed by atoms with Gasteiger partial charge in [0.25, 0.3) is 0 Å². The predicted octanol–water partition coefficient (Wildman–Crippen LogP) is 2.46. The molecule has 1 unspecified atom stereocenters. The lowest BCUT2D eigenvalue weighted by molar-refractivity contribution is 0.364. The first-order valence-corrected chi connectivity index (χ1v) is 6.48. The van der Waals surface area contributed by atoms with Gasteiger partial charge in [-0.1, -0.05) is 17.3 Å². The van der Waals surface area contributed by atoms with Crippen molar-refractivity contribution < 1.29 is 8.91 Å². The largest absolute Gasteiger partial charge is 0.339 e. The van der Waals surface area contributed by atoms with Gasteiger partial charge in [0.2, 0.25) is 11.7 Å². The third-order valence-corrected chi connectivity index (χ3v) is 3.54. The third-order valence-electron chi connectivity index (χ3n) is 3.54.